The Hall–Kier alpha value is -0.930. The lowest BCUT2D eigenvalue weighted by Gasteiger charge is -2.25. The van der Waals surface area contributed by atoms with Crippen molar-refractivity contribution in [2.24, 2.45) is 11.7 Å². The van der Waals surface area contributed by atoms with Crippen LogP contribution in [0.15, 0.2) is 24.4 Å². The van der Waals surface area contributed by atoms with E-state index in [0.29, 0.717) is 12.5 Å². The fourth-order valence-electron chi connectivity index (χ4n) is 3.18. The predicted molar refractivity (Wildman–Crippen MR) is 77.8 cm³/mol. The highest BCUT2D eigenvalue weighted by Gasteiger charge is 2.24. The van der Waals surface area contributed by atoms with Crippen LogP contribution in [-0.2, 0) is 0 Å². The molecule has 1 aromatic rings. The van der Waals surface area contributed by atoms with Gasteiger partial charge in [-0.2, -0.15) is 0 Å². The highest BCUT2D eigenvalue weighted by molar-refractivity contribution is 5.11. The molecule has 3 heteroatoms. The Balaban J connectivity index is 1.94. The van der Waals surface area contributed by atoms with Gasteiger partial charge in [-0.05, 0) is 24.5 Å². The van der Waals surface area contributed by atoms with Crippen molar-refractivity contribution in [2.45, 2.75) is 57.0 Å². The first-order valence-electron chi connectivity index (χ1n) is 7.60. The smallest absolute Gasteiger partial charge is 0.0638 e. The van der Waals surface area contributed by atoms with E-state index in [4.69, 9.17) is 5.73 Å². The molecule has 19 heavy (non-hydrogen) atoms. The normalized spacial score (nSPS) is 20.7. The van der Waals surface area contributed by atoms with Gasteiger partial charge in [-0.25, -0.2) is 0 Å². The van der Waals surface area contributed by atoms with E-state index in [1.54, 1.807) is 6.20 Å². The molecule has 1 saturated carbocycles. The van der Waals surface area contributed by atoms with Gasteiger partial charge in [0.25, 0.3) is 0 Å². The molecule has 2 rings (SSSR count). The lowest BCUT2D eigenvalue weighted by atomic mass is 9.87. The van der Waals surface area contributed by atoms with Gasteiger partial charge in [0.05, 0.1) is 6.10 Å². The van der Waals surface area contributed by atoms with Crippen molar-refractivity contribution in [3.63, 3.8) is 0 Å². The fourth-order valence-corrected chi connectivity index (χ4v) is 3.18. The van der Waals surface area contributed by atoms with Crippen molar-refractivity contribution in [2.75, 3.05) is 6.54 Å². The number of hydrogen-bond acceptors (Lipinski definition) is 3. The van der Waals surface area contributed by atoms with Gasteiger partial charge < -0.3 is 10.8 Å². The summed E-state index contributed by atoms with van der Waals surface area (Å²) in [6, 6.07) is 5.83. The van der Waals surface area contributed by atoms with Crippen LogP contribution in [0.2, 0.25) is 0 Å². The number of aliphatic hydroxyl groups excluding tert-OH is 1. The Morgan fingerprint density at radius 2 is 1.95 bits per heavy atom. The van der Waals surface area contributed by atoms with Crippen LogP contribution in [0.3, 0.4) is 0 Å². The van der Waals surface area contributed by atoms with Gasteiger partial charge in [-0.1, -0.05) is 44.6 Å². The molecule has 1 aliphatic rings. The van der Waals surface area contributed by atoms with Crippen LogP contribution >= 0.6 is 0 Å². The van der Waals surface area contributed by atoms with Crippen LogP contribution in [-0.4, -0.2) is 22.7 Å². The van der Waals surface area contributed by atoms with E-state index < -0.39 is 0 Å². The van der Waals surface area contributed by atoms with Crippen LogP contribution in [0.25, 0.3) is 0 Å². The van der Waals surface area contributed by atoms with E-state index in [9.17, 15) is 5.11 Å². The van der Waals surface area contributed by atoms with E-state index in [2.05, 4.69) is 4.98 Å². The molecule has 0 aromatic carbocycles. The average Bonchev–Trinajstić information content (AvgIpc) is 2.69. The number of rotatable bonds is 5. The van der Waals surface area contributed by atoms with Gasteiger partial charge in [0.15, 0.2) is 0 Å². The third kappa shape index (κ3) is 4.29. The number of nitrogens with two attached hydrogens (primary N) is 1. The molecule has 0 bridgehead atoms. The van der Waals surface area contributed by atoms with E-state index >= 15 is 0 Å². The van der Waals surface area contributed by atoms with Gasteiger partial charge in [-0.15, -0.1) is 0 Å². The highest BCUT2D eigenvalue weighted by Crippen LogP contribution is 2.30. The number of aliphatic hydroxyl groups is 1. The molecule has 0 amide bonds. The quantitative estimate of drug-likeness (QED) is 0.802. The molecule has 3 nitrogen and oxygen atoms in total. The Morgan fingerprint density at radius 3 is 2.53 bits per heavy atom. The molecular weight excluding hydrogens is 236 g/mol. The van der Waals surface area contributed by atoms with Crippen molar-refractivity contribution >= 4 is 0 Å². The molecule has 0 radical (unpaired) electrons. The largest absolute Gasteiger partial charge is 0.392 e. The summed E-state index contributed by atoms with van der Waals surface area (Å²) in [5.41, 5.74) is 6.76. The van der Waals surface area contributed by atoms with Gasteiger partial charge in [0.1, 0.15) is 0 Å². The van der Waals surface area contributed by atoms with E-state index in [1.807, 2.05) is 18.2 Å². The molecule has 1 aliphatic carbocycles. The number of nitrogens with zero attached hydrogens (tertiary/aromatic N) is 1. The Labute approximate surface area is 116 Å². The molecule has 1 heterocycles. The molecule has 2 atom stereocenters. The van der Waals surface area contributed by atoms with Crippen molar-refractivity contribution in [1.82, 2.24) is 4.98 Å². The van der Waals surface area contributed by atoms with E-state index in [-0.39, 0.29) is 12.0 Å². The van der Waals surface area contributed by atoms with Crippen molar-refractivity contribution < 1.29 is 5.11 Å². The monoisotopic (exact) mass is 262 g/mol. The first kappa shape index (κ1) is 14.5. The van der Waals surface area contributed by atoms with Gasteiger partial charge in [0, 0.05) is 24.4 Å². The van der Waals surface area contributed by atoms with Crippen molar-refractivity contribution in [3.8, 4) is 0 Å². The van der Waals surface area contributed by atoms with Gasteiger partial charge in [-0.3, -0.25) is 4.98 Å². The minimum absolute atomic E-state index is 0.0237. The number of pyridine rings is 1. The maximum absolute atomic E-state index is 10.5. The maximum atomic E-state index is 10.5. The fraction of sp³-hybridized carbons (Fsp3) is 0.688. The minimum Gasteiger partial charge on any atom is -0.392 e. The van der Waals surface area contributed by atoms with Crippen LogP contribution < -0.4 is 5.73 Å². The molecule has 3 N–H and O–H groups in total. The molecule has 0 spiro atoms. The second-order valence-electron chi connectivity index (χ2n) is 5.76. The zero-order chi connectivity index (χ0) is 13.5. The minimum atomic E-state index is -0.358. The van der Waals surface area contributed by atoms with E-state index in [1.165, 1.54) is 38.5 Å². The zero-order valence-corrected chi connectivity index (χ0v) is 11.7. The topological polar surface area (TPSA) is 59.1 Å². The summed E-state index contributed by atoms with van der Waals surface area (Å²) >= 11 is 0. The third-order valence-electron chi connectivity index (χ3n) is 4.34. The molecule has 0 saturated heterocycles. The summed E-state index contributed by atoms with van der Waals surface area (Å²) in [6.45, 7) is 0.463. The Kier molecular flexibility index (Phi) is 5.80. The SMILES string of the molecule is NCC(c1ccccn1)C(O)CC1CCCCCC1. The summed E-state index contributed by atoms with van der Waals surface area (Å²) in [5.74, 6) is 0.639. The lowest BCUT2D eigenvalue weighted by Crippen LogP contribution is -2.28. The summed E-state index contributed by atoms with van der Waals surface area (Å²) in [5, 5.41) is 10.5. The molecule has 1 fully saturated rings. The van der Waals surface area contributed by atoms with Crippen LogP contribution in [0.1, 0.15) is 56.6 Å². The van der Waals surface area contributed by atoms with Crippen LogP contribution in [0, 0.1) is 5.92 Å². The summed E-state index contributed by atoms with van der Waals surface area (Å²) < 4.78 is 0. The first-order valence-corrected chi connectivity index (χ1v) is 7.60. The maximum Gasteiger partial charge on any atom is 0.0638 e. The predicted octanol–water partition coefficient (Wildman–Crippen LogP) is 2.85. The third-order valence-corrected chi connectivity index (χ3v) is 4.34. The second kappa shape index (κ2) is 7.61. The molecule has 2 unspecified atom stereocenters. The Morgan fingerprint density at radius 1 is 1.21 bits per heavy atom. The molecular formula is C16H26N2O. The highest BCUT2D eigenvalue weighted by atomic mass is 16.3. The van der Waals surface area contributed by atoms with Gasteiger partial charge in [0.2, 0.25) is 0 Å². The molecule has 0 aliphatic heterocycles. The summed E-state index contributed by atoms with van der Waals surface area (Å²) in [6.07, 6.45) is 10.1. The standard InChI is InChI=1S/C16H26N2O/c17-12-14(15-9-5-6-10-18-15)16(19)11-13-7-3-1-2-4-8-13/h5-6,9-10,13-14,16,19H,1-4,7-8,11-12,17H2. The summed E-state index contributed by atoms with van der Waals surface area (Å²) in [7, 11) is 0. The average molecular weight is 262 g/mol. The zero-order valence-electron chi connectivity index (χ0n) is 11.7. The molecule has 106 valence electrons. The van der Waals surface area contributed by atoms with Crippen molar-refractivity contribution in [3.05, 3.63) is 30.1 Å². The Bertz CT molecular complexity index is 347. The van der Waals surface area contributed by atoms with Crippen molar-refractivity contribution in [1.29, 1.82) is 0 Å². The number of aromatic nitrogens is 1. The number of hydrogen-bond donors (Lipinski definition) is 2. The van der Waals surface area contributed by atoms with Crippen LogP contribution in [0.4, 0.5) is 0 Å². The lowest BCUT2D eigenvalue weighted by molar-refractivity contribution is 0.110. The first-order chi connectivity index (χ1) is 9.31. The van der Waals surface area contributed by atoms with Crippen LogP contribution in [0.5, 0.6) is 0 Å². The second-order valence-corrected chi connectivity index (χ2v) is 5.76. The van der Waals surface area contributed by atoms with Gasteiger partial charge >= 0.3 is 0 Å². The van der Waals surface area contributed by atoms with E-state index in [0.717, 1.165) is 12.1 Å². The molecule has 1 aromatic heterocycles. The summed E-state index contributed by atoms with van der Waals surface area (Å²) in [4.78, 5) is 4.34.